The Balaban J connectivity index is 1.12. The standard InChI is InChI=1S/C24H21FN4O5/c25-18-4-1-13-2-6-22(31)29-15(7-17(18)23(13)29)9-26-10-16-11-28(24(32)34-16)14-3-5-20-19(8-14)27-21(30)12-33-20/h1-6,8,15-16,26H,7,9-12H2,(H,27,30)/t15-,16-/m1/s1. The molecule has 6 rings (SSSR count). The summed E-state index contributed by atoms with van der Waals surface area (Å²) in [4.78, 5) is 38.1. The number of nitrogens with one attached hydrogen (secondary N) is 2. The lowest BCUT2D eigenvalue weighted by Gasteiger charge is -2.20. The fraction of sp³-hybridized carbons (Fsp3) is 0.292. The van der Waals surface area contributed by atoms with Gasteiger partial charge in [-0.05, 0) is 48.2 Å². The average molecular weight is 464 g/mol. The molecule has 0 spiro atoms. The van der Waals surface area contributed by atoms with E-state index in [4.69, 9.17) is 9.47 Å². The zero-order chi connectivity index (χ0) is 23.4. The summed E-state index contributed by atoms with van der Waals surface area (Å²) in [6.45, 7) is 1.11. The Morgan fingerprint density at radius 2 is 1.94 bits per heavy atom. The Kier molecular flexibility index (Phi) is 4.77. The monoisotopic (exact) mass is 464 g/mol. The molecule has 1 aromatic heterocycles. The first-order chi connectivity index (χ1) is 16.5. The van der Waals surface area contributed by atoms with Gasteiger partial charge in [0, 0.05) is 30.4 Å². The summed E-state index contributed by atoms with van der Waals surface area (Å²) in [5.41, 5.74) is 2.16. The predicted molar refractivity (Wildman–Crippen MR) is 122 cm³/mol. The molecule has 1 fully saturated rings. The molecule has 0 saturated carbocycles. The van der Waals surface area contributed by atoms with E-state index in [-0.39, 0.29) is 29.9 Å². The third-order valence-corrected chi connectivity index (χ3v) is 6.48. The SMILES string of the molecule is O=C1COc2ccc(N3C[C@@H](CNC[C@H]4Cc5c(F)ccc6ccc(=O)n4c56)OC3=O)cc2N1. The van der Waals surface area contributed by atoms with Crippen LogP contribution < -0.4 is 25.8 Å². The molecular formula is C24H21FN4O5. The molecule has 9 nitrogen and oxygen atoms in total. The van der Waals surface area contributed by atoms with Crippen molar-refractivity contribution < 1.29 is 23.5 Å². The molecule has 3 aliphatic rings. The zero-order valence-electron chi connectivity index (χ0n) is 18.0. The van der Waals surface area contributed by atoms with Crippen molar-refractivity contribution in [2.45, 2.75) is 18.6 Å². The number of fused-ring (bicyclic) bond motifs is 1. The highest BCUT2D eigenvalue weighted by Crippen LogP contribution is 2.34. The minimum absolute atomic E-state index is 0.0365. The lowest BCUT2D eigenvalue weighted by Crippen LogP contribution is -2.36. The average Bonchev–Trinajstić information content (AvgIpc) is 3.39. The Morgan fingerprint density at radius 1 is 1.09 bits per heavy atom. The first-order valence-electron chi connectivity index (χ1n) is 11.1. The van der Waals surface area contributed by atoms with Crippen LogP contribution in [0.15, 0.2) is 47.3 Å². The van der Waals surface area contributed by atoms with Crippen molar-refractivity contribution in [2.24, 2.45) is 0 Å². The summed E-state index contributed by atoms with van der Waals surface area (Å²) in [6.07, 6.45) is -0.455. The minimum atomic E-state index is -0.480. The van der Waals surface area contributed by atoms with Gasteiger partial charge in [-0.1, -0.05) is 0 Å². The van der Waals surface area contributed by atoms with Gasteiger partial charge in [0.2, 0.25) is 0 Å². The fourth-order valence-corrected chi connectivity index (χ4v) is 4.94. The molecule has 2 N–H and O–H groups in total. The number of anilines is 2. The first kappa shape index (κ1) is 20.7. The molecule has 3 aromatic rings. The first-order valence-corrected chi connectivity index (χ1v) is 11.1. The fourth-order valence-electron chi connectivity index (χ4n) is 4.94. The maximum atomic E-state index is 14.4. The number of cyclic esters (lactones) is 1. The van der Waals surface area contributed by atoms with E-state index < -0.39 is 12.2 Å². The van der Waals surface area contributed by atoms with Gasteiger partial charge in [0.05, 0.1) is 23.8 Å². The van der Waals surface area contributed by atoms with E-state index in [9.17, 15) is 18.8 Å². The number of carbonyl (C=O) groups excluding carboxylic acids is 2. The molecule has 174 valence electrons. The van der Waals surface area contributed by atoms with E-state index >= 15 is 0 Å². The van der Waals surface area contributed by atoms with Crippen LogP contribution in [-0.4, -0.2) is 48.9 Å². The van der Waals surface area contributed by atoms with Crippen LogP contribution in [0, 0.1) is 5.82 Å². The lowest BCUT2D eigenvalue weighted by molar-refractivity contribution is -0.118. The van der Waals surface area contributed by atoms with Crippen LogP contribution in [-0.2, 0) is 16.0 Å². The summed E-state index contributed by atoms with van der Waals surface area (Å²) in [5.74, 6) is -0.00536. The number of halogens is 1. The highest BCUT2D eigenvalue weighted by molar-refractivity contribution is 5.97. The number of hydrogen-bond donors (Lipinski definition) is 2. The van der Waals surface area contributed by atoms with Gasteiger partial charge in [-0.25, -0.2) is 9.18 Å². The number of benzene rings is 2. The normalized spacial score (nSPS) is 20.8. The van der Waals surface area contributed by atoms with Gasteiger partial charge < -0.3 is 24.7 Å². The van der Waals surface area contributed by atoms with Gasteiger partial charge >= 0.3 is 6.09 Å². The van der Waals surface area contributed by atoms with Gasteiger partial charge in [-0.15, -0.1) is 0 Å². The van der Waals surface area contributed by atoms with E-state index in [0.29, 0.717) is 54.3 Å². The minimum Gasteiger partial charge on any atom is -0.482 e. The van der Waals surface area contributed by atoms with E-state index in [2.05, 4.69) is 10.6 Å². The number of amides is 2. The quantitative estimate of drug-likeness (QED) is 0.600. The maximum Gasteiger partial charge on any atom is 0.414 e. The van der Waals surface area contributed by atoms with Gasteiger partial charge in [0.25, 0.3) is 11.5 Å². The van der Waals surface area contributed by atoms with Crippen molar-refractivity contribution in [1.29, 1.82) is 0 Å². The molecule has 4 heterocycles. The Labute approximate surface area is 193 Å². The van der Waals surface area contributed by atoms with Crippen LogP contribution in [0.25, 0.3) is 10.9 Å². The smallest absolute Gasteiger partial charge is 0.414 e. The summed E-state index contributed by atoms with van der Waals surface area (Å²) < 4.78 is 26.9. The summed E-state index contributed by atoms with van der Waals surface area (Å²) >= 11 is 0. The second kappa shape index (κ2) is 7.84. The molecule has 10 heteroatoms. The van der Waals surface area contributed by atoms with E-state index in [1.807, 2.05) is 0 Å². The molecule has 3 aliphatic heterocycles. The highest BCUT2D eigenvalue weighted by Gasteiger charge is 2.34. The molecule has 2 atom stereocenters. The van der Waals surface area contributed by atoms with E-state index in [0.717, 1.165) is 5.39 Å². The molecule has 2 amide bonds. The van der Waals surface area contributed by atoms with E-state index in [1.165, 1.54) is 17.0 Å². The number of pyridine rings is 1. The zero-order valence-corrected chi connectivity index (χ0v) is 18.0. The third kappa shape index (κ3) is 3.38. The topological polar surface area (TPSA) is 102 Å². The molecular weight excluding hydrogens is 443 g/mol. The number of rotatable bonds is 5. The van der Waals surface area contributed by atoms with Gasteiger partial charge in [0.1, 0.15) is 17.7 Å². The van der Waals surface area contributed by atoms with Crippen LogP contribution in [0.4, 0.5) is 20.6 Å². The van der Waals surface area contributed by atoms with Crippen molar-refractivity contribution in [3.63, 3.8) is 0 Å². The summed E-state index contributed by atoms with van der Waals surface area (Å²) in [5, 5.41) is 6.85. The van der Waals surface area contributed by atoms with Crippen LogP contribution in [0.3, 0.4) is 0 Å². The van der Waals surface area contributed by atoms with Crippen molar-refractivity contribution in [3.8, 4) is 5.75 Å². The second-order valence-electron chi connectivity index (χ2n) is 8.66. The van der Waals surface area contributed by atoms with Crippen LogP contribution in [0.2, 0.25) is 0 Å². The van der Waals surface area contributed by atoms with Gasteiger partial charge in [0.15, 0.2) is 6.61 Å². The lowest BCUT2D eigenvalue weighted by atomic mass is 10.1. The van der Waals surface area contributed by atoms with Crippen molar-refractivity contribution in [1.82, 2.24) is 9.88 Å². The second-order valence-corrected chi connectivity index (χ2v) is 8.66. The summed E-state index contributed by atoms with van der Waals surface area (Å²) in [7, 11) is 0. The molecule has 0 aliphatic carbocycles. The van der Waals surface area contributed by atoms with Crippen LogP contribution in [0.1, 0.15) is 11.6 Å². The molecule has 2 aromatic carbocycles. The largest absolute Gasteiger partial charge is 0.482 e. The van der Waals surface area contributed by atoms with Crippen molar-refractivity contribution >= 4 is 34.3 Å². The van der Waals surface area contributed by atoms with Crippen molar-refractivity contribution in [2.75, 3.05) is 36.5 Å². The number of carbonyl (C=O) groups is 2. The molecule has 0 unspecified atom stereocenters. The number of hydrogen-bond acceptors (Lipinski definition) is 6. The predicted octanol–water partition coefficient (Wildman–Crippen LogP) is 2.18. The Hall–Kier alpha value is -3.92. The van der Waals surface area contributed by atoms with Gasteiger partial charge in [-0.3, -0.25) is 14.5 Å². The highest BCUT2D eigenvalue weighted by atomic mass is 19.1. The van der Waals surface area contributed by atoms with E-state index in [1.54, 1.807) is 34.9 Å². The van der Waals surface area contributed by atoms with Gasteiger partial charge in [-0.2, -0.15) is 0 Å². The molecule has 0 radical (unpaired) electrons. The summed E-state index contributed by atoms with van der Waals surface area (Å²) in [6, 6.07) is 11.3. The van der Waals surface area contributed by atoms with Crippen LogP contribution in [0.5, 0.6) is 5.75 Å². The Bertz CT molecular complexity index is 1400. The van der Waals surface area contributed by atoms with Crippen LogP contribution >= 0.6 is 0 Å². The Morgan fingerprint density at radius 3 is 2.82 bits per heavy atom. The number of aromatic nitrogens is 1. The number of ether oxygens (including phenoxy) is 2. The maximum absolute atomic E-state index is 14.4. The number of nitrogens with zero attached hydrogens (tertiary/aromatic N) is 2. The molecule has 0 bridgehead atoms. The molecule has 34 heavy (non-hydrogen) atoms. The molecule has 1 saturated heterocycles. The van der Waals surface area contributed by atoms with Crippen molar-refractivity contribution in [3.05, 3.63) is 64.2 Å². The third-order valence-electron chi connectivity index (χ3n) is 6.48.